The van der Waals surface area contributed by atoms with Gasteiger partial charge in [-0.1, -0.05) is 23.5 Å². The fourth-order valence-electron chi connectivity index (χ4n) is 1.64. The van der Waals surface area contributed by atoms with Gasteiger partial charge in [-0.3, -0.25) is 0 Å². The second kappa shape index (κ2) is 4.98. The first-order valence-electron chi connectivity index (χ1n) is 5.53. The molecule has 0 saturated carbocycles. The van der Waals surface area contributed by atoms with E-state index in [4.69, 9.17) is 9.47 Å². The summed E-state index contributed by atoms with van der Waals surface area (Å²) in [5, 5.41) is 0. The molecule has 4 nitrogen and oxygen atoms in total. The number of carbonyl (C=O) groups is 2. The predicted octanol–water partition coefficient (Wildman–Crippen LogP) is 3.12. The summed E-state index contributed by atoms with van der Waals surface area (Å²) in [5.41, 5.74) is 0.0323. The van der Waals surface area contributed by atoms with Gasteiger partial charge < -0.3 is 9.47 Å². The standard InChI is InChI=1S/C11H10O4S4/c1-11(2)14-6(12)5(7(13)15-11)8-18-9-10(19-8)17-4-3-16-9/h3-4H2,1-2H3. The maximum Gasteiger partial charge on any atom is 0.350 e. The van der Waals surface area contributed by atoms with Gasteiger partial charge in [-0.05, 0) is 0 Å². The monoisotopic (exact) mass is 334 g/mol. The Morgan fingerprint density at radius 1 is 0.895 bits per heavy atom. The molecule has 0 aromatic rings. The van der Waals surface area contributed by atoms with Crippen molar-refractivity contribution in [2.24, 2.45) is 0 Å². The molecule has 3 aliphatic heterocycles. The first kappa shape index (κ1) is 13.8. The van der Waals surface area contributed by atoms with Gasteiger partial charge in [0, 0.05) is 25.4 Å². The summed E-state index contributed by atoms with van der Waals surface area (Å²) in [6, 6.07) is 0. The second-order valence-corrected chi connectivity index (χ2v) is 9.34. The zero-order chi connectivity index (χ0) is 13.6. The maximum absolute atomic E-state index is 12.0. The average molecular weight is 334 g/mol. The molecule has 0 aliphatic carbocycles. The number of hydrogen-bond acceptors (Lipinski definition) is 8. The maximum atomic E-state index is 12.0. The highest BCUT2D eigenvalue weighted by atomic mass is 32.3. The third-order valence-electron chi connectivity index (χ3n) is 2.38. The van der Waals surface area contributed by atoms with Crippen molar-refractivity contribution in [3.05, 3.63) is 18.3 Å². The highest BCUT2D eigenvalue weighted by molar-refractivity contribution is 8.41. The minimum atomic E-state index is -1.18. The molecule has 0 atom stereocenters. The molecule has 19 heavy (non-hydrogen) atoms. The van der Waals surface area contributed by atoms with Crippen LogP contribution in [0.3, 0.4) is 0 Å². The van der Waals surface area contributed by atoms with Crippen LogP contribution in [-0.4, -0.2) is 29.2 Å². The van der Waals surface area contributed by atoms with E-state index in [0.717, 1.165) is 11.5 Å². The van der Waals surface area contributed by atoms with Crippen molar-refractivity contribution < 1.29 is 19.1 Å². The predicted molar refractivity (Wildman–Crippen MR) is 80.4 cm³/mol. The highest BCUT2D eigenvalue weighted by Crippen LogP contribution is 2.60. The van der Waals surface area contributed by atoms with E-state index in [-0.39, 0.29) is 5.57 Å². The largest absolute Gasteiger partial charge is 0.419 e. The number of cyclic esters (lactones) is 2. The minimum Gasteiger partial charge on any atom is -0.419 e. The van der Waals surface area contributed by atoms with Crippen molar-refractivity contribution in [2.75, 3.05) is 11.5 Å². The molecule has 3 heterocycles. The molecule has 0 bridgehead atoms. The number of ether oxygens (including phenoxy) is 2. The molecule has 8 heteroatoms. The van der Waals surface area contributed by atoms with Crippen LogP contribution in [0.1, 0.15) is 13.8 Å². The number of hydrogen-bond donors (Lipinski definition) is 0. The normalized spacial score (nSPS) is 26.2. The Bertz CT molecular complexity index is 493. The van der Waals surface area contributed by atoms with Crippen molar-refractivity contribution in [3.63, 3.8) is 0 Å². The molecule has 1 saturated heterocycles. The summed E-state index contributed by atoms with van der Waals surface area (Å²) in [6.45, 7) is 3.10. The lowest BCUT2D eigenvalue weighted by molar-refractivity contribution is -0.222. The van der Waals surface area contributed by atoms with Crippen LogP contribution in [0.4, 0.5) is 0 Å². The van der Waals surface area contributed by atoms with E-state index >= 15 is 0 Å². The van der Waals surface area contributed by atoms with Crippen LogP contribution in [0.25, 0.3) is 0 Å². The molecule has 0 amide bonds. The topological polar surface area (TPSA) is 52.6 Å². The van der Waals surface area contributed by atoms with Crippen LogP contribution < -0.4 is 0 Å². The third-order valence-corrected chi connectivity index (χ3v) is 8.17. The van der Waals surface area contributed by atoms with Crippen LogP contribution >= 0.6 is 47.0 Å². The summed E-state index contributed by atoms with van der Waals surface area (Å²) in [4.78, 5) is 23.9. The van der Waals surface area contributed by atoms with Gasteiger partial charge in [0.2, 0.25) is 0 Å². The van der Waals surface area contributed by atoms with Gasteiger partial charge in [0.1, 0.15) is 0 Å². The fourth-order valence-corrected chi connectivity index (χ4v) is 7.62. The van der Waals surface area contributed by atoms with E-state index in [1.165, 1.54) is 32.0 Å². The van der Waals surface area contributed by atoms with Gasteiger partial charge in [0.15, 0.2) is 5.57 Å². The summed E-state index contributed by atoms with van der Waals surface area (Å²) >= 11 is 6.48. The number of carbonyl (C=O) groups excluding carboxylic acids is 2. The van der Waals surface area contributed by atoms with Crippen molar-refractivity contribution in [2.45, 2.75) is 19.6 Å². The Morgan fingerprint density at radius 2 is 1.37 bits per heavy atom. The molecule has 0 radical (unpaired) electrons. The van der Waals surface area contributed by atoms with E-state index in [9.17, 15) is 9.59 Å². The molecule has 0 N–H and O–H groups in total. The Balaban J connectivity index is 1.89. The van der Waals surface area contributed by atoms with Gasteiger partial charge in [-0.15, -0.1) is 23.5 Å². The molecular formula is C11H10O4S4. The van der Waals surface area contributed by atoms with Gasteiger partial charge in [0.25, 0.3) is 5.79 Å². The van der Waals surface area contributed by atoms with Crippen LogP contribution in [0.15, 0.2) is 18.3 Å². The minimum absolute atomic E-state index is 0.0323. The van der Waals surface area contributed by atoms with Gasteiger partial charge in [-0.2, -0.15) is 0 Å². The fraction of sp³-hybridized carbons (Fsp3) is 0.455. The Kier molecular flexibility index (Phi) is 3.61. The molecule has 0 spiro atoms. The van der Waals surface area contributed by atoms with E-state index in [1.54, 1.807) is 37.4 Å². The lowest BCUT2D eigenvalue weighted by atomic mass is 10.2. The van der Waals surface area contributed by atoms with Crippen molar-refractivity contribution in [3.8, 4) is 0 Å². The van der Waals surface area contributed by atoms with E-state index in [2.05, 4.69) is 0 Å². The highest BCUT2D eigenvalue weighted by Gasteiger charge is 2.43. The van der Waals surface area contributed by atoms with Crippen LogP contribution in [0, 0.1) is 0 Å². The smallest absolute Gasteiger partial charge is 0.350 e. The van der Waals surface area contributed by atoms with Crippen molar-refractivity contribution in [1.82, 2.24) is 0 Å². The molecule has 1 fully saturated rings. The van der Waals surface area contributed by atoms with Crippen molar-refractivity contribution in [1.29, 1.82) is 0 Å². The van der Waals surface area contributed by atoms with Crippen molar-refractivity contribution >= 4 is 59.0 Å². The Morgan fingerprint density at radius 3 is 1.84 bits per heavy atom. The van der Waals surface area contributed by atoms with Gasteiger partial charge in [0.05, 0.1) is 12.7 Å². The lowest BCUT2D eigenvalue weighted by Gasteiger charge is -2.30. The number of rotatable bonds is 0. The molecule has 102 valence electrons. The Hall–Kier alpha value is -0.180. The zero-order valence-electron chi connectivity index (χ0n) is 10.2. The SMILES string of the molecule is CC1(C)OC(=O)C(=C2SC3=C(SCCS3)S2)C(=O)O1. The average Bonchev–Trinajstić information content (AvgIpc) is 2.68. The molecule has 0 aromatic heterocycles. The third kappa shape index (κ3) is 2.68. The van der Waals surface area contributed by atoms with E-state index in [1.807, 2.05) is 0 Å². The van der Waals surface area contributed by atoms with E-state index in [0.29, 0.717) is 4.24 Å². The Labute approximate surface area is 127 Å². The van der Waals surface area contributed by atoms with Crippen LogP contribution in [0.2, 0.25) is 0 Å². The van der Waals surface area contributed by atoms with Crippen LogP contribution in [0.5, 0.6) is 0 Å². The molecule has 3 aliphatic rings. The molecule has 0 aromatic carbocycles. The second-order valence-electron chi connectivity index (χ2n) is 4.32. The van der Waals surface area contributed by atoms with Gasteiger partial charge >= 0.3 is 11.9 Å². The zero-order valence-corrected chi connectivity index (χ0v) is 13.4. The van der Waals surface area contributed by atoms with Gasteiger partial charge in [-0.25, -0.2) is 9.59 Å². The quantitative estimate of drug-likeness (QED) is 0.380. The number of thioether (sulfide) groups is 4. The van der Waals surface area contributed by atoms with Crippen LogP contribution in [-0.2, 0) is 19.1 Å². The first-order valence-corrected chi connectivity index (χ1v) is 9.13. The lowest BCUT2D eigenvalue weighted by Crippen LogP contribution is -2.42. The molecule has 3 rings (SSSR count). The summed E-state index contributed by atoms with van der Waals surface area (Å²) in [6.07, 6.45) is 0. The summed E-state index contributed by atoms with van der Waals surface area (Å²) < 4.78 is 13.3. The van der Waals surface area contributed by atoms with E-state index < -0.39 is 17.7 Å². The molecule has 0 unspecified atom stereocenters. The summed E-state index contributed by atoms with van der Waals surface area (Å²) in [7, 11) is 0. The first-order chi connectivity index (χ1) is 8.96. The summed E-state index contributed by atoms with van der Waals surface area (Å²) in [5.74, 6) is -0.247. The molecular weight excluding hydrogens is 324 g/mol. The number of esters is 2.